The van der Waals surface area contributed by atoms with Crippen molar-refractivity contribution in [1.29, 1.82) is 0 Å². The van der Waals surface area contributed by atoms with Crippen molar-refractivity contribution in [2.45, 2.75) is 25.4 Å². The summed E-state index contributed by atoms with van der Waals surface area (Å²) in [5.41, 5.74) is -0.952. The normalized spacial score (nSPS) is 12.2. The Morgan fingerprint density at radius 1 is 0.962 bits per heavy atom. The van der Waals surface area contributed by atoms with E-state index in [0.29, 0.717) is 10.6 Å². The third kappa shape index (κ3) is 4.41. The number of hydrogen-bond acceptors (Lipinski definition) is 5. The van der Waals surface area contributed by atoms with E-state index in [1.807, 2.05) is 12.1 Å². The second-order valence-electron chi connectivity index (χ2n) is 5.71. The van der Waals surface area contributed by atoms with E-state index in [1.165, 1.54) is 7.11 Å². The van der Waals surface area contributed by atoms with Gasteiger partial charge >= 0.3 is 11.9 Å². The molecule has 2 aromatic carbocycles. The van der Waals surface area contributed by atoms with Gasteiger partial charge in [-0.2, -0.15) is 0 Å². The van der Waals surface area contributed by atoms with Gasteiger partial charge in [0.2, 0.25) is 0 Å². The zero-order valence-corrected chi connectivity index (χ0v) is 15.9. The van der Waals surface area contributed by atoms with Crippen molar-refractivity contribution >= 4 is 29.7 Å². The number of rotatable bonds is 8. The van der Waals surface area contributed by atoms with Crippen LogP contribution in [0.5, 0.6) is 0 Å². The number of carbonyl (C=O) groups is 2. The fraction of sp³-hybridized carbons (Fsp3) is 0.300. The van der Waals surface area contributed by atoms with Gasteiger partial charge in [0.05, 0.1) is 13.7 Å². The van der Waals surface area contributed by atoms with Crippen molar-refractivity contribution < 1.29 is 23.6 Å². The van der Waals surface area contributed by atoms with Gasteiger partial charge in [0, 0.05) is 17.0 Å². The van der Waals surface area contributed by atoms with Gasteiger partial charge in [0.1, 0.15) is 5.66 Å². The third-order valence-corrected chi connectivity index (χ3v) is 7.60. The first-order valence-electron chi connectivity index (χ1n) is 8.48. The summed E-state index contributed by atoms with van der Waals surface area (Å²) in [6, 6.07) is 17.8. The summed E-state index contributed by atoms with van der Waals surface area (Å²) in [4.78, 5) is 24.3. The first kappa shape index (κ1) is 19.9. The molecule has 0 saturated heterocycles. The van der Waals surface area contributed by atoms with Gasteiger partial charge in [-0.1, -0.05) is 60.7 Å². The second-order valence-corrected chi connectivity index (χ2v) is 8.68. The van der Waals surface area contributed by atoms with Crippen LogP contribution in [0.1, 0.15) is 19.8 Å². The molecule has 26 heavy (non-hydrogen) atoms. The Hall–Kier alpha value is -2.39. The predicted molar refractivity (Wildman–Crippen MR) is 101 cm³/mol. The molecule has 0 bridgehead atoms. The van der Waals surface area contributed by atoms with Gasteiger partial charge in [-0.3, -0.25) is 9.59 Å². The van der Waals surface area contributed by atoms with E-state index in [1.54, 1.807) is 55.5 Å². The molecule has 0 saturated carbocycles. The van der Waals surface area contributed by atoms with Crippen LogP contribution >= 0.6 is 7.14 Å². The quantitative estimate of drug-likeness (QED) is 0.525. The van der Waals surface area contributed by atoms with Gasteiger partial charge in [0.25, 0.3) is 0 Å². The third-order valence-electron chi connectivity index (χ3n) is 4.13. The highest BCUT2D eigenvalue weighted by molar-refractivity contribution is 7.80. The minimum Gasteiger partial charge on any atom is -0.469 e. The molecule has 0 N–H and O–H groups in total. The van der Waals surface area contributed by atoms with Crippen LogP contribution in [0.2, 0.25) is 0 Å². The standard InChI is InChI=1S/C20H23O5P/c1-3-25-20(22)18(14-15-19(21)24-2)26(23,16-10-6-4-7-11-16)17-12-8-5-9-13-17/h4-13,18H,3,14-15H2,1-2H3/t18-/m1/s1. The molecule has 0 aromatic heterocycles. The first-order valence-corrected chi connectivity index (χ1v) is 10.3. The highest BCUT2D eigenvalue weighted by atomic mass is 31.2. The van der Waals surface area contributed by atoms with Crippen LogP contribution in [0, 0.1) is 0 Å². The average Bonchev–Trinajstić information content (AvgIpc) is 2.69. The zero-order chi connectivity index (χ0) is 19.0. The molecule has 0 unspecified atom stereocenters. The molecule has 138 valence electrons. The lowest BCUT2D eigenvalue weighted by Gasteiger charge is -2.27. The summed E-state index contributed by atoms with van der Waals surface area (Å²) in [5.74, 6) is -1.01. The molecule has 1 atom stereocenters. The minimum atomic E-state index is -3.37. The fourth-order valence-electron chi connectivity index (χ4n) is 2.85. The van der Waals surface area contributed by atoms with Crippen molar-refractivity contribution in [3.63, 3.8) is 0 Å². The maximum Gasteiger partial charge on any atom is 0.317 e. The van der Waals surface area contributed by atoms with Gasteiger partial charge in [-0.15, -0.1) is 0 Å². The maximum atomic E-state index is 14.3. The number of ether oxygens (including phenoxy) is 2. The number of hydrogen-bond donors (Lipinski definition) is 0. The lowest BCUT2D eigenvalue weighted by Crippen LogP contribution is -2.33. The Bertz CT molecular complexity index is 730. The summed E-state index contributed by atoms with van der Waals surface area (Å²) >= 11 is 0. The molecule has 6 heteroatoms. The molecule has 0 spiro atoms. The summed E-state index contributed by atoms with van der Waals surface area (Å²) in [6.45, 7) is 1.88. The van der Waals surface area contributed by atoms with Crippen molar-refractivity contribution in [2.24, 2.45) is 0 Å². The van der Waals surface area contributed by atoms with Crippen LogP contribution in [-0.4, -0.2) is 31.3 Å². The Balaban J connectivity index is 2.56. The van der Waals surface area contributed by atoms with Crippen molar-refractivity contribution in [3.05, 3.63) is 60.7 Å². The predicted octanol–water partition coefficient (Wildman–Crippen LogP) is 2.89. The van der Waals surface area contributed by atoms with Gasteiger partial charge in [-0.05, 0) is 13.3 Å². The molecule has 2 aromatic rings. The van der Waals surface area contributed by atoms with Crippen LogP contribution in [0.4, 0.5) is 0 Å². The molecule has 0 radical (unpaired) electrons. The van der Waals surface area contributed by atoms with Gasteiger partial charge in [-0.25, -0.2) is 0 Å². The Labute approximate surface area is 153 Å². The van der Waals surface area contributed by atoms with Crippen LogP contribution < -0.4 is 10.6 Å². The van der Waals surface area contributed by atoms with E-state index in [4.69, 9.17) is 4.74 Å². The number of methoxy groups -OCH3 is 1. The Kier molecular flexibility index (Phi) is 7.16. The van der Waals surface area contributed by atoms with Crippen molar-refractivity contribution in [1.82, 2.24) is 0 Å². The number of carbonyl (C=O) groups excluding carboxylic acids is 2. The Morgan fingerprint density at radius 2 is 1.46 bits per heavy atom. The maximum absolute atomic E-state index is 14.3. The summed E-state index contributed by atoms with van der Waals surface area (Å²) in [5, 5.41) is 1.13. The van der Waals surface area contributed by atoms with E-state index in [9.17, 15) is 14.2 Å². The Morgan fingerprint density at radius 3 is 1.88 bits per heavy atom. The highest BCUT2D eigenvalue weighted by Gasteiger charge is 2.42. The number of benzene rings is 2. The van der Waals surface area contributed by atoms with E-state index in [2.05, 4.69) is 4.74 Å². The number of esters is 2. The average molecular weight is 374 g/mol. The van der Waals surface area contributed by atoms with E-state index >= 15 is 0 Å². The smallest absolute Gasteiger partial charge is 0.317 e. The molecule has 2 rings (SSSR count). The molecule has 0 fully saturated rings. The summed E-state index contributed by atoms with van der Waals surface area (Å²) in [6.07, 6.45) is 0.0796. The van der Waals surface area contributed by atoms with Crippen LogP contribution in [0.15, 0.2) is 60.7 Å². The summed E-state index contributed by atoms with van der Waals surface area (Å²) < 4.78 is 24.2. The van der Waals surface area contributed by atoms with E-state index < -0.39 is 24.7 Å². The zero-order valence-electron chi connectivity index (χ0n) is 15.0. The van der Waals surface area contributed by atoms with E-state index in [-0.39, 0.29) is 19.4 Å². The van der Waals surface area contributed by atoms with Crippen molar-refractivity contribution in [3.8, 4) is 0 Å². The molecule has 0 heterocycles. The largest absolute Gasteiger partial charge is 0.469 e. The molecular weight excluding hydrogens is 351 g/mol. The molecule has 0 aliphatic rings. The molecule has 5 nitrogen and oxygen atoms in total. The summed E-state index contributed by atoms with van der Waals surface area (Å²) in [7, 11) is -2.08. The van der Waals surface area contributed by atoms with Gasteiger partial charge < -0.3 is 14.0 Å². The lowest BCUT2D eigenvalue weighted by molar-refractivity contribution is -0.143. The first-order chi connectivity index (χ1) is 12.5. The molecule has 0 amide bonds. The SMILES string of the molecule is CCOC(=O)[C@@H](CCC(=O)OC)P(=O)(c1ccccc1)c1ccccc1. The van der Waals surface area contributed by atoms with Crippen LogP contribution in [0.3, 0.4) is 0 Å². The minimum absolute atomic E-state index is 0.0103. The monoisotopic (exact) mass is 374 g/mol. The van der Waals surface area contributed by atoms with E-state index in [0.717, 1.165) is 0 Å². The topological polar surface area (TPSA) is 69.7 Å². The second kappa shape index (κ2) is 9.35. The highest BCUT2D eigenvalue weighted by Crippen LogP contribution is 2.50. The fourth-order valence-corrected chi connectivity index (χ4v) is 5.96. The van der Waals surface area contributed by atoms with Crippen LogP contribution in [0.25, 0.3) is 0 Å². The van der Waals surface area contributed by atoms with Crippen molar-refractivity contribution in [2.75, 3.05) is 13.7 Å². The molecular formula is C20H23O5P. The molecule has 0 aliphatic carbocycles. The van der Waals surface area contributed by atoms with Gasteiger partial charge in [0.15, 0.2) is 7.14 Å². The van der Waals surface area contributed by atoms with Crippen LogP contribution in [-0.2, 0) is 23.6 Å². The molecule has 0 aliphatic heterocycles. The lowest BCUT2D eigenvalue weighted by atomic mass is 10.2.